The molecule has 1 fully saturated rings. The van der Waals surface area contributed by atoms with Crippen molar-refractivity contribution in [3.8, 4) is 0 Å². The third-order valence-corrected chi connectivity index (χ3v) is 12.1. The zero-order chi connectivity index (χ0) is 30.3. The molecule has 1 aliphatic carbocycles. The third-order valence-electron chi connectivity index (χ3n) is 5.95. The summed E-state index contributed by atoms with van der Waals surface area (Å²) in [7, 11) is 4.42. The van der Waals surface area contributed by atoms with Crippen LogP contribution in [0.5, 0.6) is 0 Å². The van der Waals surface area contributed by atoms with Gasteiger partial charge in [0, 0.05) is 24.7 Å². The van der Waals surface area contributed by atoms with Gasteiger partial charge in [-0.15, -0.1) is 0 Å². The second kappa shape index (κ2) is 33.4. The number of rotatable bonds is 16. The predicted octanol–water partition coefficient (Wildman–Crippen LogP) is 11.5. The molecule has 0 amide bonds. The highest BCUT2D eigenvalue weighted by molar-refractivity contribution is 7.63. The van der Waals surface area contributed by atoms with Gasteiger partial charge in [0.2, 0.25) is 7.27 Å². The number of allylic oxidation sites excluding steroid dienone is 7. The fourth-order valence-corrected chi connectivity index (χ4v) is 8.85. The van der Waals surface area contributed by atoms with E-state index in [2.05, 4.69) is 44.0 Å². The van der Waals surface area contributed by atoms with Gasteiger partial charge < -0.3 is 9.47 Å². The summed E-state index contributed by atoms with van der Waals surface area (Å²) in [6.45, 7) is 20.4. The van der Waals surface area contributed by atoms with Gasteiger partial charge in [-0.25, -0.2) is 0 Å². The molecule has 0 saturated heterocycles. The Morgan fingerprint density at radius 3 is 2.18 bits per heavy atom. The highest BCUT2D eigenvalue weighted by atomic mass is 35.7. The maximum Gasteiger partial charge on any atom is 0.205 e. The maximum absolute atomic E-state index is 5.86. The molecule has 39 heavy (non-hydrogen) atoms. The number of nitrogens with one attached hydrogen (secondary N) is 1. The Hall–Kier alpha value is -0.850. The smallest absolute Gasteiger partial charge is 0.205 e. The molecule has 6 heteroatoms. The van der Waals surface area contributed by atoms with Crippen LogP contribution in [0.25, 0.3) is 0 Å². The van der Waals surface area contributed by atoms with E-state index >= 15 is 0 Å². The predicted molar refractivity (Wildman–Crippen MR) is 181 cm³/mol. The van der Waals surface area contributed by atoms with Crippen LogP contribution in [0.15, 0.2) is 72.8 Å². The summed E-state index contributed by atoms with van der Waals surface area (Å²) in [6.07, 6.45) is 26.7. The van der Waals surface area contributed by atoms with Crippen molar-refractivity contribution in [2.24, 2.45) is 0 Å². The van der Waals surface area contributed by atoms with Crippen molar-refractivity contribution < 1.29 is 20.7 Å². The quantitative estimate of drug-likeness (QED) is 0.108. The van der Waals surface area contributed by atoms with Gasteiger partial charge in [0.1, 0.15) is 17.0 Å². The van der Waals surface area contributed by atoms with Gasteiger partial charge >= 0.3 is 0 Å². The highest BCUT2D eigenvalue weighted by Gasteiger charge is 2.34. The van der Waals surface area contributed by atoms with E-state index < -0.39 is 8.07 Å². The van der Waals surface area contributed by atoms with Crippen LogP contribution < -0.4 is 5.09 Å². The van der Waals surface area contributed by atoms with Crippen molar-refractivity contribution in [1.29, 1.82) is 0 Å². The first kappa shape index (κ1) is 42.6. The minimum atomic E-state index is -0.664. The van der Waals surface area contributed by atoms with E-state index in [0.717, 1.165) is 28.8 Å². The molecule has 0 bridgehead atoms. The molecule has 3 unspecified atom stereocenters. The lowest BCUT2D eigenvalue weighted by Crippen LogP contribution is -2.16. The SMILES string of the molecule is C=C/C=C(/OC)C(=C)P(/C=C/C=C\C/C=C/OC)NC.CC.CC.CCCCC(CC)P([ClH+])C1CCCCC1. The minimum Gasteiger partial charge on any atom is -0.505 e. The molecule has 0 spiro atoms. The summed E-state index contributed by atoms with van der Waals surface area (Å²) in [4.78, 5) is 0. The van der Waals surface area contributed by atoms with Crippen molar-refractivity contribution in [2.75, 3.05) is 21.3 Å². The number of hydrogen-bond donors (Lipinski definition) is 1. The molecule has 1 saturated carbocycles. The molecule has 1 rings (SSSR count). The maximum atomic E-state index is 5.86. The molecule has 0 aromatic rings. The van der Waals surface area contributed by atoms with Crippen LogP contribution in [0.4, 0.5) is 0 Å². The largest absolute Gasteiger partial charge is 0.505 e. The molecule has 1 aliphatic rings. The second-order valence-electron chi connectivity index (χ2n) is 8.48. The molecule has 0 aromatic heterocycles. The average Bonchev–Trinajstić information content (AvgIpc) is 3.00. The van der Waals surface area contributed by atoms with Crippen LogP contribution in [-0.4, -0.2) is 32.6 Å². The zero-order valence-electron chi connectivity index (χ0n) is 26.9. The van der Waals surface area contributed by atoms with Crippen LogP contribution in [0.3, 0.4) is 0 Å². The first-order chi connectivity index (χ1) is 19.0. The van der Waals surface area contributed by atoms with Gasteiger partial charge in [-0.3, -0.25) is 5.09 Å². The normalized spacial score (nSPS) is 16.2. The molecule has 3 nitrogen and oxygen atoms in total. The lowest BCUT2D eigenvalue weighted by Gasteiger charge is -2.25. The third kappa shape index (κ3) is 22.5. The Morgan fingerprint density at radius 2 is 1.69 bits per heavy atom. The number of hydrogen-bond acceptors (Lipinski definition) is 3. The van der Waals surface area contributed by atoms with Gasteiger partial charge in [-0.05, 0) is 57.1 Å². The summed E-state index contributed by atoms with van der Waals surface area (Å²) < 4.78 is 10.1. The Balaban J connectivity index is -0.000000604. The summed E-state index contributed by atoms with van der Waals surface area (Å²) in [5.41, 5.74) is 1.82. The van der Waals surface area contributed by atoms with Gasteiger partial charge in [0.05, 0.1) is 20.5 Å². The molecule has 0 aliphatic heterocycles. The summed E-state index contributed by atoms with van der Waals surface area (Å²) in [5, 5.41) is 4.17. The van der Waals surface area contributed by atoms with Crippen molar-refractivity contribution in [3.05, 3.63) is 72.8 Å². The zero-order valence-corrected chi connectivity index (χ0v) is 29.5. The number of methoxy groups -OCH3 is 2. The van der Waals surface area contributed by atoms with E-state index in [1.165, 1.54) is 57.8 Å². The summed E-state index contributed by atoms with van der Waals surface area (Å²) in [5.74, 6) is 2.83. The number of ether oxygens (including phenoxy) is 2. The van der Waals surface area contributed by atoms with Gasteiger partial charge in [0.15, 0.2) is 0 Å². The van der Waals surface area contributed by atoms with Crippen LogP contribution in [0.1, 0.15) is 106 Å². The topological polar surface area (TPSA) is 30.5 Å². The first-order valence-corrected chi connectivity index (χ1v) is 18.9. The van der Waals surface area contributed by atoms with Crippen molar-refractivity contribution in [1.82, 2.24) is 5.09 Å². The average molecular weight is 603 g/mol. The van der Waals surface area contributed by atoms with Gasteiger partial charge in [-0.1, -0.05) is 111 Å². The van der Waals surface area contributed by atoms with E-state index in [-0.39, 0.29) is 7.27 Å². The molecule has 0 heterocycles. The molecule has 0 aromatic carbocycles. The highest BCUT2D eigenvalue weighted by Crippen LogP contribution is 2.52. The van der Waals surface area contributed by atoms with Gasteiger partial charge in [0.25, 0.3) is 0 Å². The lowest BCUT2D eigenvalue weighted by molar-refractivity contribution is -0.164. The van der Waals surface area contributed by atoms with E-state index in [9.17, 15) is 0 Å². The van der Waals surface area contributed by atoms with Crippen LogP contribution in [0, 0.1) is 11.2 Å². The standard InChI is InChI=1S/C16H24NO2P.C13H27ClP.2C2H6/c1-6-12-16(19-5)15(2)20(17-3)14-11-9-7-8-10-13-18-4;1-3-5-9-12(4-2)15(14)13-10-7-6-8-11-13;2*1-2/h6-7,9-14,17H,1-2,8H2,3-5H3;12-14H,3-11H2,1-2H3;2*1-2H3/q;+1;;/b9-7-,13-10+,14-11+,16-12+;;;. The lowest BCUT2D eigenvalue weighted by atomic mass is 10.0. The molecular weight excluding hydrogens is 540 g/mol. The van der Waals surface area contributed by atoms with Crippen molar-refractivity contribution in [2.45, 2.75) is 117 Å². The molecule has 1 N–H and O–H groups in total. The Bertz CT molecular complexity index is 671. The van der Waals surface area contributed by atoms with Crippen molar-refractivity contribution in [3.63, 3.8) is 0 Å². The van der Waals surface area contributed by atoms with E-state index in [1.54, 1.807) is 26.6 Å². The van der Waals surface area contributed by atoms with Crippen LogP contribution in [0.2, 0.25) is 0 Å². The van der Waals surface area contributed by atoms with Crippen LogP contribution in [-0.2, 0) is 9.47 Å². The summed E-state index contributed by atoms with van der Waals surface area (Å²) >= 11 is 5.86. The van der Waals surface area contributed by atoms with E-state index in [4.69, 9.17) is 20.7 Å². The Morgan fingerprint density at radius 1 is 1.05 bits per heavy atom. The molecular formula is C33H63ClNO2P2+. The van der Waals surface area contributed by atoms with E-state index in [1.807, 2.05) is 59.0 Å². The fraction of sp³-hybridized carbons (Fsp3) is 0.636. The number of halogens is 1. The Kier molecular flexibility index (Phi) is 36.4. The fourth-order valence-electron chi connectivity index (χ4n) is 3.92. The minimum absolute atomic E-state index is 0.0905. The Labute approximate surface area is 251 Å². The first-order valence-electron chi connectivity index (χ1n) is 15.0. The molecule has 228 valence electrons. The van der Waals surface area contributed by atoms with E-state index in [0.29, 0.717) is 0 Å². The molecule has 0 radical (unpaired) electrons. The van der Waals surface area contributed by atoms with Gasteiger partial charge in [-0.2, -0.15) is 0 Å². The number of unbranched alkanes of at least 4 members (excludes halogenated alkanes) is 1. The monoisotopic (exact) mass is 602 g/mol. The van der Waals surface area contributed by atoms with Crippen LogP contribution >= 0.6 is 15.3 Å². The molecule has 3 atom stereocenters. The van der Waals surface area contributed by atoms with Crippen molar-refractivity contribution >= 4 is 15.3 Å². The summed E-state index contributed by atoms with van der Waals surface area (Å²) in [6, 6.07) is 0. The second-order valence-corrected chi connectivity index (χ2v) is 14.0.